The van der Waals surface area contributed by atoms with E-state index < -0.39 is 0 Å². The zero-order valence-electron chi connectivity index (χ0n) is 15.8. The van der Waals surface area contributed by atoms with Gasteiger partial charge in [-0.05, 0) is 26.3 Å². The molecule has 0 fully saturated rings. The number of hydrogen-bond donors (Lipinski definition) is 3. The Bertz CT molecular complexity index is 997. The number of aliphatic hydroxyl groups excluding tert-OH is 1. The highest BCUT2D eigenvalue weighted by Crippen LogP contribution is 2.24. The Labute approximate surface area is 157 Å². The van der Waals surface area contributed by atoms with Gasteiger partial charge < -0.3 is 16.2 Å². The molecule has 0 aliphatic carbocycles. The van der Waals surface area contributed by atoms with Gasteiger partial charge in [0.15, 0.2) is 5.65 Å². The predicted molar refractivity (Wildman–Crippen MR) is 102 cm³/mol. The van der Waals surface area contributed by atoms with Crippen LogP contribution in [-0.2, 0) is 12.8 Å². The lowest BCUT2D eigenvalue weighted by Gasteiger charge is -2.10. The van der Waals surface area contributed by atoms with Crippen molar-refractivity contribution in [1.29, 1.82) is 5.26 Å². The maximum atomic E-state index is 9.51. The van der Waals surface area contributed by atoms with Crippen molar-refractivity contribution in [3.63, 3.8) is 0 Å². The van der Waals surface area contributed by atoms with E-state index in [0.717, 1.165) is 23.4 Å². The second-order valence-corrected chi connectivity index (χ2v) is 6.48. The first kappa shape index (κ1) is 18.7. The number of nitriles is 1. The van der Waals surface area contributed by atoms with E-state index in [2.05, 4.69) is 26.6 Å². The highest BCUT2D eigenvalue weighted by molar-refractivity contribution is 5.69. The van der Waals surface area contributed by atoms with Gasteiger partial charge in [-0.25, -0.2) is 4.98 Å². The fourth-order valence-corrected chi connectivity index (χ4v) is 3.02. The van der Waals surface area contributed by atoms with Crippen LogP contribution in [0.2, 0.25) is 0 Å². The first-order valence-corrected chi connectivity index (χ1v) is 8.96. The number of nitrogens with zero attached hydrogens (tertiary/aromatic N) is 6. The van der Waals surface area contributed by atoms with Gasteiger partial charge in [0.2, 0.25) is 0 Å². The lowest BCUT2D eigenvalue weighted by atomic mass is 10.2. The monoisotopic (exact) mass is 368 g/mol. The molecule has 3 rings (SSSR count). The van der Waals surface area contributed by atoms with E-state index in [1.165, 1.54) is 4.52 Å². The molecule has 0 aliphatic heterocycles. The van der Waals surface area contributed by atoms with Gasteiger partial charge in [-0.1, -0.05) is 6.92 Å². The Hall–Kier alpha value is -3.12. The number of aryl methyl sites for hydroxylation is 2. The number of nitrogens with two attached hydrogens (primary N) is 1. The fourth-order valence-electron chi connectivity index (χ4n) is 3.02. The summed E-state index contributed by atoms with van der Waals surface area (Å²) in [5, 5.41) is 30.8. The summed E-state index contributed by atoms with van der Waals surface area (Å²) in [6.07, 6.45) is 3.29. The van der Waals surface area contributed by atoms with Gasteiger partial charge in [-0.2, -0.15) is 20.0 Å². The maximum absolute atomic E-state index is 9.51. The number of fused-ring (bicyclic) bond motifs is 1. The summed E-state index contributed by atoms with van der Waals surface area (Å²) >= 11 is 0. The molecule has 27 heavy (non-hydrogen) atoms. The Morgan fingerprint density at radius 2 is 2.19 bits per heavy atom. The molecule has 4 N–H and O–H groups in total. The Morgan fingerprint density at radius 3 is 2.85 bits per heavy atom. The third-order valence-corrected chi connectivity index (χ3v) is 4.61. The minimum absolute atomic E-state index is 0.0403. The van der Waals surface area contributed by atoms with Crippen molar-refractivity contribution in [2.45, 2.75) is 39.7 Å². The van der Waals surface area contributed by atoms with Crippen LogP contribution in [0.1, 0.15) is 42.4 Å². The van der Waals surface area contributed by atoms with Crippen LogP contribution in [0.3, 0.4) is 0 Å². The molecular weight excluding hydrogens is 344 g/mol. The summed E-state index contributed by atoms with van der Waals surface area (Å²) in [5.41, 5.74) is 9.90. The molecule has 9 heteroatoms. The molecule has 0 aromatic carbocycles. The molecule has 3 aromatic rings. The van der Waals surface area contributed by atoms with Crippen molar-refractivity contribution in [2.24, 2.45) is 0 Å². The highest BCUT2D eigenvalue weighted by atomic mass is 16.3. The van der Waals surface area contributed by atoms with Gasteiger partial charge in [-0.3, -0.25) is 4.68 Å². The Balaban J connectivity index is 1.82. The molecule has 0 spiro atoms. The van der Waals surface area contributed by atoms with Gasteiger partial charge in [0.1, 0.15) is 23.3 Å². The second-order valence-electron chi connectivity index (χ2n) is 6.48. The van der Waals surface area contributed by atoms with Crippen molar-refractivity contribution >= 4 is 17.3 Å². The predicted octanol–water partition coefficient (Wildman–Crippen LogP) is 1.46. The normalized spacial score (nSPS) is 12.3. The third-order valence-electron chi connectivity index (χ3n) is 4.61. The zero-order chi connectivity index (χ0) is 19.6. The summed E-state index contributed by atoms with van der Waals surface area (Å²) in [7, 11) is 0. The van der Waals surface area contributed by atoms with Crippen LogP contribution in [0.15, 0.2) is 12.3 Å². The maximum Gasteiger partial charge on any atom is 0.163 e. The van der Waals surface area contributed by atoms with Crippen molar-refractivity contribution in [3.05, 3.63) is 34.8 Å². The molecule has 3 aromatic heterocycles. The Morgan fingerprint density at radius 1 is 1.41 bits per heavy atom. The number of nitrogen functional groups attached to an aromatic ring is 1. The molecule has 1 unspecified atom stereocenters. The molecule has 142 valence electrons. The molecule has 0 aliphatic rings. The van der Waals surface area contributed by atoms with Crippen molar-refractivity contribution in [1.82, 2.24) is 24.4 Å². The molecule has 0 amide bonds. The van der Waals surface area contributed by atoms with Crippen molar-refractivity contribution < 1.29 is 5.11 Å². The molecule has 0 saturated heterocycles. The van der Waals surface area contributed by atoms with Gasteiger partial charge >= 0.3 is 0 Å². The lowest BCUT2D eigenvalue weighted by molar-refractivity contribution is 0.229. The minimum atomic E-state index is -0.0571. The van der Waals surface area contributed by atoms with Crippen molar-refractivity contribution in [3.8, 4) is 6.07 Å². The minimum Gasteiger partial charge on any atom is -0.394 e. The third kappa shape index (κ3) is 3.44. The van der Waals surface area contributed by atoms with E-state index in [1.54, 1.807) is 4.68 Å². The van der Waals surface area contributed by atoms with E-state index in [0.29, 0.717) is 24.4 Å². The number of hydrogen-bond acceptors (Lipinski definition) is 7. The topological polar surface area (TPSA) is 130 Å². The van der Waals surface area contributed by atoms with Gasteiger partial charge in [0.25, 0.3) is 0 Å². The van der Waals surface area contributed by atoms with Crippen LogP contribution in [0.5, 0.6) is 0 Å². The summed E-state index contributed by atoms with van der Waals surface area (Å²) in [6.45, 7) is 6.44. The Kier molecular flexibility index (Phi) is 5.28. The number of aromatic nitrogens is 5. The van der Waals surface area contributed by atoms with Crippen LogP contribution in [-0.4, -0.2) is 42.6 Å². The summed E-state index contributed by atoms with van der Waals surface area (Å²) in [5.74, 6) is 0.745. The van der Waals surface area contributed by atoms with Crippen LogP contribution < -0.4 is 11.1 Å². The van der Waals surface area contributed by atoms with Gasteiger partial charge in [0, 0.05) is 24.7 Å². The number of rotatable bonds is 7. The van der Waals surface area contributed by atoms with Crippen LogP contribution in [0.4, 0.5) is 11.6 Å². The summed E-state index contributed by atoms with van der Waals surface area (Å²) < 4.78 is 3.27. The number of aliphatic hydroxyl groups is 1. The number of anilines is 2. The molecule has 3 heterocycles. The largest absolute Gasteiger partial charge is 0.394 e. The molecule has 0 radical (unpaired) electrons. The quantitative estimate of drug-likeness (QED) is 0.575. The zero-order valence-corrected chi connectivity index (χ0v) is 15.8. The van der Waals surface area contributed by atoms with Crippen LogP contribution in [0.25, 0.3) is 5.65 Å². The summed E-state index contributed by atoms with van der Waals surface area (Å²) in [6, 6.07) is 3.98. The molecular formula is C18H24N8O. The van der Waals surface area contributed by atoms with E-state index >= 15 is 0 Å². The van der Waals surface area contributed by atoms with Gasteiger partial charge in [0.05, 0.1) is 24.0 Å². The highest BCUT2D eigenvalue weighted by Gasteiger charge is 2.18. The van der Waals surface area contributed by atoms with Crippen LogP contribution >= 0.6 is 0 Å². The van der Waals surface area contributed by atoms with E-state index in [1.807, 2.05) is 33.0 Å². The first-order chi connectivity index (χ1) is 13.0. The molecule has 9 nitrogen and oxygen atoms in total. The standard InChI is InChI=1S/C18H24N8O/c1-4-14-12(3)23-26-16(20)15(9-19)17(22-18(14)26)21-7-5-13-6-8-25(24-13)11(2)10-27/h6,8,11,27H,4-5,7,10,20H2,1-3H3,(H,21,22). The summed E-state index contributed by atoms with van der Waals surface area (Å²) in [4.78, 5) is 4.60. The fraction of sp³-hybridized carbons (Fsp3) is 0.444. The van der Waals surface area contributed by atoms with Gasteiger partial charge in [-0.15, -0.1) is 0 Å². The SMILES string of the molecule is CCc1c(C)nn2c(N)c(C#N)c(NCCc3ccn(C(C)CO)n3)nc12. The first-order valence-electron chi connectivity index (χ1n) is 8.96. The lowest BCUT2D eigenvalue weighted by Crippen LogP contribution is -2.13. The van der Waals surface area contributed by atoms with E-state index in [4.69, 9.17) is 5.73 Å². The molecule has 0 bridgehead atoms. The van der Waals surface area contributed by atoms with E-state index in [-0.39, 0.29) is 24.0 Å². The average molecular weight is 368 g/mol. The smallest absolute Gasteiger partial charge is 0.163 e. The van der Waals surface area contributed by atoms with E-state index in [9.17, 15) is 10.4 Å². The average Bonchev–Trinajstić information content (AvgIpc) is 3.25. The van der Waals surface area contributed by atoms with Crippen LogP contribution in [0, 0.1) is 18.3 Å². The second kappa shape index (κ2) is 7.63. The number of nitrogens with one attached hydrogen (secondary N) is 1. The molecule has 0 saturated carbocycles. The molecule has 1 atom stereocenters. The van der Waals surface area contributed by atoms with Crippen molar-refractivity contribution in [2.75, 3.05) is 24.2 Å².